The van der Waals surface area contributed by atoms with E-state index >= 15 is 0 Å². The molecule has 0 aliphatic carbocycles. The molecule has 0 saturated carbocycles. The average Bonchev–Trinajstić information content (AvgIpc) is 3.10. The van der Waals surface area contributed by atoms with Gasteiger partial charge in [-0.25, -0.2) is 0 Å². The number of benzene rings is 1. The van der Waals surface area contributed by atoms with Gasteiger partial charge in [-0.3, -0.25) is 9.58 Å². The number of aliphatic hydroxyl groups is 2. The van der Waals surface area contributed by atoms with Crippen LogP contribution in [-0.2, 0) is 13.1 Å². The third-order valence-corrected chi connectivity index (χ3v) is 5.46. The third kappa shape index (κ3) is 3.75. The van der Waals surface area contributed by atoms with Crippen molar-refractivity contribution in [1.82, 2.24) is 14.7 Å². The summed E-state index contributed by atoms with van der Waals surface area (Å²) >= 11 is 5.97. The molecule has 2 aromatic rings. The van der Waals surface area contributed by atoms with Gasteiger partial charge in [0.25, 0.3) is 0 Å². The predicted octanol–water partition coefficient (Wildman–Crippen LogP) is 2.58. The van der Waals surface area contributed by atoms with E-state index in [1.54, 1.807) is 0 Å². The zero-order valence-electron chi connectivity index (χ0n) is 14.8. The summed E-state index contributed by atoms with van der Waals surface area (Å²) in [6, 6.07) is 7.34. The molecular formula is C19H26ClN3O2. The standard InChI is InChI=1S/C19H26ClN3O2/c1-3-8-23-13(2)15(9-21-23)10-22-11-17(19(25)18(22)12-24)14-4-6-16(20)7-5-14/h4-7,9,17-19,24-25H,3,8,10-12H2,1-2H3/t17-,18-,19-/m1/s1. The maximum Gasteiger partial charge on any atom is 0.0798 e. The average molecular weight is 364 g/mol. The Hall–Kier alpha value is -1.40. The molecule has 5 nitrogen and oxygen atoms in total. The van der Waals surface area contributed by atoms with Crippen LogP contribution in [0.15, 0.2) is 30.5 Å². The number of hydrogen-bond donors (Lipinski definition) is 2. The van der Waals surface area contributed by atoms with Crippen LogP contribution in [0, 0.1) is 6.92 Å². The lowest BCUT2D eigenvalue weighted by atomic mass is 9.94. The number of hydrogen-bond acceptors (Lipinski definition) is 4. The Morgan fingerprint density at radius 2 is 2.00 bits per heavy atom. The second-order valence-corrected chi connectivity index (χ2v) is 7.24. The molecule has 6 heteroatoms. The minimum atomic E-state index is -0.600. The fourth-order valence-corrected chi connectivity index (χ4v) is 3.82. The van der Waals surface area contributed by atoms with Crippen LogP contribution in [0.3, 0.4) is 0 Å². The molecule has 0 unspecified atom stereocenters. The van der Waals surface area contributed by atoms with Crippen LogP contribution < -0.4 is 0 Å². The van der Waals surface area contributed by atoms with Crippen LogP contribution in [0.25, 0.3) is 0 Å². The summed E-state index contributed by atoms with van der Waals surface area (Å²) in [5.74, 6) is -0.0274. The van der Waals surface area contributed by atoms with E-state index in [-0.39, 0.29) is 18.6 Å². The number of halogens is 1. The first-order valence-electron chi connectivity index (χ1n) is 8.84. The van der Waals surface area contributed by atoms with Crippen LogP contribution >= 0.6 is 11.6 Å². The molecule has 0 spiro atoms. The molecule has 1 aromatic carbocycles. The quantitative estimate of drug-likeness (QED) is 0.828. The summed E-state index contributed by atoms with van der Waals surface area (Å²) in [6.45, 7) is 6.44. The molecule has 1 saturated heterocycles. The molecule has 1 fully saturated rings. The molecule has 1 aromatic heterocycles. The van der Waals surface area contributed by atoms with E-state index in [2.05, 4.69) is 23.8 Å². The van der Waals surface area contributed by atoms with Crippen molar-refractivity contribution in [2.45, 2.75) is 51.4 Å². The molecule has 1 aliphatic rings. The Morgan fingerprint density at radius 3 is 2.64 bits per heavy atom. The molecule has 3 rings (SSSR count). The van der Waals surface area contributed by atoms with Crippen molar-refractivity contribution < 1.29 is 10.2 Å². The van der Waals surface area contributed by atoms with E-state index in [0.29, 0.717) is 18.1 Å². The fourth-order valence-electron chi connectivity index (χ4n) is 3.69. The lowest BCUT2D eigenvalue weighted by molar-refractivity contribution is 0.0640. The van der Waals surface area contributed by atoms with Gasteiger partial charge >= 0.3 is 0 Å². The van der Waals surface area contributed by atoms with Crippen molar-refractivity contribution in [3.8, 4) is 0 Å². The van der Waals surface area contributed by atoms with Gasteiger partial charge in [0.05, 0.1) is 24.9 Å². The zero-order chi connectivity index (χ0) is 18.0. The Kier molecular flexibility index (Phi) is 5.79. The molecule has 25 heavy (non-hydrogen) atoms. The van der Waals surface area contributed by atoms with Gasteiger partial charge in [0.1, 0.15) is 0 Å². The van der Waals surface area contributed by atoms with Crippen molar-refractivity contribution in [1.29, 1.82) is 0 Å². The predicted molar refractivity (Wildman–Crippen MR) is 98.7 cm³/mol. The van der Waals surface area contributed by atoms with Gasteiger partial charge in [0.15, 0.2) is 0 Å². The van der Waals surface area contributed by atoms with Crippen molar-refractivity contribution in [3.05, 3.63) is 52.3 Å². The van der Waals surface area contributed by atoms with Gasteiger partial charge in [-0.2, -0.15) is 5.10 Å². The van der Waals surface area contributed by atoms with Gasteiger partial charge in [-0.15, -0.1) is 0 Å². The summed E-state index contributed by atoms with van der Waals surface area (Å²) < 4.78 is 2.02. The van der Waals surface area contributed by atoms with E-state index in [1.807, 2.05) is 35.1 Å². The van der Waals surface area contributed by atoms with Gasteiger partial charge in [0, 0.05) is 41.8 Å². The number of aromatic nitrogens is 2. The highest BCUT2D eigenvalue weighted by atomic mass is 35.5. The van der Waals surface area contributed by atoms with E-state index in [0.717, 1.165) is 29.8 Å². The minimum Gasteiger partial charge on any atom is -0.395 e. The van der Waals surface area contributed by atoms with E-state index in [4.69, 9.17) is 11.6 Å². The number of likely N-dealkylation sites (tertiary alicyclic amines) is 1. The Bertz CT molecular complexity index is 701. The topological polar surface area (TPSA) is 61.5 Å². The van der Waals surface area contributed by atoms with E-state index in [1.165, 1.54) is 0 Å². The van der Waals surface area contributed by atoms with Crippen LogP contribution in [0.2, 0.25) is 5.02 Å². The molecule has 1 aliphatic heterocycles. The smallest absolute Gasteiger partial charge is 0.0798 e. The minimum absolute atomic E-state index is 0.0274. The Labute approximate surface area is 153 Å². The normalized spacial score (nSPS) is 24.1. The van der Waals surface area contributed by atoms with Crippen LogP contribution in [0.4, 0.5) is 0 Å². The first kappa shape index (κ1) is 18.4. The lowest BCUT2D eigenvalue weighted by Gasteiger charge is -2.24. The Balaban J connectivity index is 1.78. The largest absolute Gasteiger partial charge is 0.395 e. The highest BCUT2D eigenvalue weighted by Crippen LogP contribution is 2.34. The number of aryl methyl sites for hydroxylation is 1. The molecular weight excluding hydrogens is 338 g/mol. The van der Waals surface area contributed by atoms with E-state index < -0.39 is 6.10 Å². The molecule has 3 atom stereocenters. The van der Waals surface area contributed by atoms with Crippen molar-refractivity contribution in [2.75, 3.05) is 13.2 Å². The van der Waals surface area contributed by atoms with Crippen LogP contribution in [0.5, 0.6) is 0 Å². The molecule has 0 radical (unpaired) electrons. The second-order valence-electron chi connectivity index (χ2n) is 6.81. The van der Waals surface area contributed by atoms with Crippen molar-refractivity contribution in [3.63, 3.8) is 0 Å². The summed E-state index contributed by atoms with van der Waals surface area (Å²) in [7, 11) is 0. The SMILES string of the molecule is CCCn1ncc(CN2C[C@H](c3ccc(Cl)cc3)[C@@H](O)[C@H]2CO)c1C. The summed E-state index contributed by atoms with van der Waals surface area (Å²) in [4.78, 5) is 2.16. The fraction of sp³-hybridized carbons (Fsp3) is 0.526. The maximum atomic E-state index is 10.7. The summed E-state index contributed by atoms with van der Waals surface area (Å²) in [5, 5.41) is 25.7. The lowest BCUT2D eigenvalue weighted by Crippen LogP contribution is -2.38. The number of aliphatic hydroxyl groups excluding tert-OH is 2. The van der Waals surface area contributed by atoms with Gasteiger partial charge < -0.3 is 10.2 Å². The van der Waals surface area contributed by atoms with Crippen molar-refractivity contribution in [2.24, 2.45) is 0 Å². The van der Waals surface area contributed by atoms with Crippen LogP contribution in [0.1, 0.15) is 36.1 Å². The third-order valence-electron chi connectivity index (χ3n) is 5.21. The number of rotatable bonds is 6. The molecule has 0 amide bonds. The maximum absolute atomic E-state index is 10.7. The molecule has 2 N–H and O–H groups in total. The van der Waals surface area contributed by atoms with Gasteiger partial charge in [0.2, 0.25) is 0 Å². The molecule has 2 heterocycles. The highest BCUT2D eigenvalue weighted by Gasteiger charge is 2.41. The van der Waals surface area contributed by atoms with Gasteiger partial charge in [-0.1, -0.05) is 30.7 Å². The van der Waals surface area contributed by atoms with Gasteiger partial charge in [-0.05, 0) is 31.0 Å². The second kappa shape index (κ2) is 7.87. The molecule has 136 valence electrons. The summed E-state index contributed by atoms with van der Waals surface area (Å²) in [6.07, 6.45) is 2.35. The number of nitrogens with zero attached hydrogens (tertiary/aromatic N) is 3. The zero-order valence-corrected chi connectivity index (χ0v) is 15.5. The summed E-state index contributed by atoms with van der Waals surface area (Å²) in [5.41, 5.74) is 3.36. The molecule has 0 bridgehead atoms. The first-order valence-corrected chi connectivity index (χ1v) is 9.22. The van der Waals surface area contributed by atoms with Crippen LogP contribution in [-0.4, -0.2) is 50.2 Å². The van der Waals surface area contributed by atoms with E-state index in [9.17, 15) is 10.2 Å². The monoisotopic (exact) mass is 363 g/mol. The Morgan fingerprint density at radius 1 is 1.28 bits per heavy atom. The highest BCUT2D eigenvalue weighted by molar-refractivity contribution is 6.30. The first-order chi connectivity index (χ1) is 12.0. The van der Waals surface area contributed by atoms with Crippen molar-refractivity contribution >= 4 is 11.6 Å².